The molecule has 2 aromatic carbocycles. The molecule has 0 spiro atoms. The van der Waals surface area contributed by atoms with Crippen LogP contribution in [0.15, 0.2) is 59.2 Å². The molecule has 3 rings (SSSR count). The highest BCUT2D eigenvalue weighted by Gasteiger charge is 2.28. The van der Waals surface area contributed by atoms with E-state index in [9.17, 15) is 4.79 Å². The van der Waals surface area contributed by atoms with Gasteiger partial charge in [0.05, 0.1) is 12.8 Å². The van der Waals surface area contributed by atoms with Crippen molar-refractivity contribution in [1.82, 2.24) is 0 Å². The summed E-state index contributed by atoms with van der Waals surface area (Å²) in [6, 6.07) is 14.6. The van der Waals surface area contributed by atoms with Gasteiger partial charge in [-0.2, -0.15) is 0 Å². The van der Waals surface area contributed by atoms with E-state index in [1.807, 2.05) is 24.3 Å². The molecule has 1 amide bonds. The number of hydrogen-bond acceptors (Lipinski definition) is 3. The number of nitrogens with zero attached hydrogens (tertiary/aromatic N) is 2. The van der Waals surface area contributed by atoms with Crippen LogP contribution in [0.25, 0.3) is 6.08 Å². The van der Waals surface area contributed by atoms with Gasteiger partial charge in [0.2, 0.25) is 0 Å². The Morgan fingerprint density at radius 3 is 2.35 bits per heavy atom. The molecular formula is C18H15ClN2O2. The molecule has 0 aliphatic carbocycles. The predicted molar refractivity (Wildman–Crippen MR) is 93.0 cm³/mol. The molecule has 1 aliphatic heterocycles. The number of carbonyl (C=O) groups is 1. The maximum Gasteiger partial charge on any atom is 0.282 e. The van der Waals surface area contributed by atoms with Gasteiger partial charge >= 0.3 is 0 Å². The van der Waals surface area contributed by atoms with Crippen molar-refractivity contribution in [1.29, 1.82) is 0 Å². The molecule has 1 aliphatic rings. The number of hydrogen-bond donors (Lipinski definition) is 0. The maximum atomic E-state index is 12.6. The van der Waals surface area contributed by atoms with Gasteiger partial charge in [-0.05, 0) is 55.0 Å². The first-order chi connectivity index (χ1) is 11.1. The molecule has 23 heavy (non-hydrogen) atoms. The predicted octanol–water partition coefficient (Wildman–Crippen LogP) is 4.15. The summed E-state index contributed by atoms with van der Waals surface area (Å²) >= 11 is 5.90. The van der Waals surface area contributed by atoms with E-state index in [-0.39, 0.29) is 5.91 Å². The van der Waals surface area contributed by atoms with Crippen molar-refractivity contribution in [3.8, 4) is 5.75 Å². The number of amides is 1. The standard InChI is InChI=1S/C18H15ClN2O2/c1-12-20-17(11-13-3-9-16(23-2)10-4-13)18(22)21(12)15-7-5-14(19)6-8-15/h3-11H,1-2H3. The minimum Gasteiger partial charge on any atom is -0.497 e. The maximum absolute atomic E-state index is 12.6. The van der Waals surface area contributed by atoms with Crippen molar-refractivity contribution in [3.63, 3.8) is 0 Å². The smallest absolute Gasteiger partial charge is 0.282 e. The Morgan fingerprint density at radius 2 is 1.74 bits per heavy atom. The van der Waals surface area contributed by atoms with Crippen LogP contribution in [0.4, 0.5) is 5.69 Å². The lowest BCUT2D eigenvalue weighted by Gasteiger charge is -2.15. The number of amidine groups is 1. The lowest BCUT2D eigenvalue weighted by Crippen LogP contribution is -2.30. The van der Waals surface area contributed by atoms with Crippen molar-refractivity contribution >= 4 is 35.1 Å². The zero-order valence-corrected chi connectivity index (χ0v) is 13.5. The average Bonchev–Trinajstić information content (AvgIpc) is 2.83. The average molecular weight is 327 g/mol. The zero-order valence-electron chi connectivity index (χ0n) is 12.8. The number of benzene rings is 2. The normalized spacial score (nSPS) is 16.0. The van der Waals surface area contributed by atoms with Gasteiger partial charge in [0.1, 0.15) is 17.3 Å². The molecule has 0 saturated carbocycles. The Balaban J connectivity index is 1.89. The molecule has 0 atom stereocenters. The minimum atomic E-state index is -0.152. The Kier molecular flexibility index (Phi) is 4.17. The summed E-state index contributed by atoms with van der Waals surface area (Å²) in [5.41, 5.74) is 2.05. The van der Waals surface area contributed by atoms with Gasteiger partial charge in [-0.3, -0.25) is 9.69 Å². The molecule has 0 bridgehead atoms. The first-order valence-electron chi connectivity index (χ1n) is 7.09. The highest BCUT2D eigenvalue weighted by Crippen LogP contribution is 2.26. The molecule has 0 fully saturated rings. The van der Waals surface area contributed by atoms with Crippen LogP contribution >= 0.6 is 11.6 Å². The molecular weight excluding hydrogens is 312 g/mol. The van der Waals surface area contributed by atoms with E-state index in [1.165, 1.54) is 0 Å². The summed E-state index contributed by atoms with van der Waals surface area (Å²) in [4.78, 5) is 18.6. The topological polar surface area (TPSA) is 41.9 Å². The van der Waals surface area contributed by atoms with Crippen molar-refractivity contribution in [2.45, 2.75) is 6.92 Å². The Morgan fingerprint density at radius 1 is 1.09 bits per heavy atom. The van der Waals surface area contributed by atoms with Crippen LogP contribution in [0.2, 0.25) is 5.02 Å². The Bertz CT molecular complexity index is 793. The van der Waals surface area contributed by atoms with Crippen molar-refractivity contribution in [2.75, 3.05) is 12.0 Å². The molecule has 0 aromatic heterocycles. The fraction of sp³-hybridized carbons (Fsp3) is 0.111. The quantitative estimate of drug-likeness (QED) is 0.795. The molecule has 0 N–H and O–H groups in total. The third kappa shape index (κ3) is 3.12. The van der Waals surface area contributed by atoms with E-state index >= 15 is 0 Å². The lowest BCUT2D eigenvalue weighted by atomic mass is 10.2. The fourth-order valence-corrected chi connectivity index (χ4v) is 2.51. The summed E-state index contributed by atoms with van der Waals surface area (Å²) in [6.45, 7) is 1.81. The first-order valence-corrected chi connectivity index (χ1v) is 7.47. The summed E-state index contributed by atoms with van der Waals surface area (Å²) in [5.74, 6) is 1.25. The number of rotatable bonds is 3. The van der Waals surface area contributed by atoms with Gasteiger partial charge < -0.3 is 4.74 Å². The van der Waals surface area contributed by atoms with Crippen LogP contribution < -0.4 is 9.64 Å². The van der Waals surface area contributed by atoms with Crippen LogP contribution in [0.1, 0.15) is 12.5 Å². The van der Waals surface area contributed by atoms with Gasteiger partial charge in [0, 0.05) is 5.02 Å². The lowest BCUT2D eigenvalue weighted by molar-refractivity contribution is -0.113. The van der Waals surface area contributed by atoms with Gasteiger partial charge in [-0.25, -0.2) is 4.99 Å². The van der Waals surface area contributed by atoms with E-state index in [0.717, 1.165) is 17.0 Å². The van der Waals surface area contributed by atoms with Crippen molar-refractivity contribution in [2.24, 2.45) is 4.99 Å². The van der Waals surface area contributed by atoms with Crippen molar-refractivity contribution < 1.29 is 9.53 Å². The van der Waals surface area contributed by atoms with Gasteiger partial charge in [-0.1, -0.05) is 23.7 Å². The summed E-state index contributed by atoms with van der Waals surface area (Å²) in [6.07, 6.45) is 1.77. The second-order valence-electron chi connectivity index (χ2n) is 5.08. The van der Waals surface area contributed by atoms with Gasteiger partial charge in [-0.15, -0.1) is 0 Å². The SMILES string of the molecule is COc1ccc(C=C2N=C(C)N(c3ccc(Cl)cc3)C2=O)cc1. The molecule has 0 unspecified atom stereocenters. The highest BCUT2D eigenvalue weighted by molar-refractivity contribution is 6.31. The third-order valence-electron chi connectivity index (χ3n) is 3.53. The van der Waals surface area contributed by atoms with E-state index in [1.54, 1.807) is 49.3 Å². The molecule has 5 heteroatoms. The number of carbonyl (C=O) groups excluding carboxylic acids is 1. The Labute approximate surface area is 139 Å². The highest BCUT2D eigenvalue weighted by atomic mass is 35.5. The fourth-order valence-electron chi connectivity index (χ4n) is 2.38. The molecule has 1 heterocycles. The van der Waals surface area contributed by atoms with Crippen LogP contribution in [-0.4, -0.2) is 18.9 Å². The molecule has 0 saturated heterocycles. The van der Waals surface area contributed by atoms with Crippen LogP contribution in [0.5, 0.6) is 5.75 Å². The third-order valence-corrected chi connectivity index (χ3v) is 3.78. The minimum absolute atomic E-state index is 0.152. The number of anilines is 1. The van der Waals surface area contributed by atoms with E-state index in [0.29, 0.717) is 16.6 Å². The monoisotopic (exact) mass is 326 g/mol. The zero-order chi connectivity index (χ0) is 16.4. The van der Waals surface area contributed by atoms with E-state index in [4.69, 9.17) is 16.3 Å². The van der Waals surface area contributed by atoms with Crippen LogP contribution in [0, 0.1) is 0 Å². The molecule has 0 radical (unpaired) electrons. The second kappa shape index (κ2) is 6.26. The molecule has 116 valence electrons. The number of ether oxygens (including phenoxy) is 1. The first kappa shape index (κ1) is 15.3. The van der Waals surface area contributed by atoms with E-state index < -0.39 is 0 Å². The van der Waals surface area contributed by atoms with Crippen LogP contribution in [-0.2, 0) is 4.79 Å². The summed E-state index contributed by atoms with van der Waals surface area (Å²) in [7, 11) is 1.62. The largest absolute Gasteiger partial charge is 0.497 e. The van der Waals surface area contributed by atoms with Gasteiger partial charge in [0.15, 0.2) is 0 Å². The number of methoxy groups -OCH3 is 1. The summed E-state index contributed by atoms with van der Waals surface area (Å²) in [5, 5.41) is 0.629. The van der Waals surface area contributed by atoms with Crippen LogP contribution in [0.3, 0.4) is 0 Å². The Hall–Kier alpha value is -2.59. The number of halogens is 1. The number of aliphatic imine (C=N–C) groups is 1. The van der Waals surface area contributed by atoms with Gasteiger partial charge in [0.25, 0.3) is 5.91 Å². The molecule has 4 nitrogen and oxygen atoms in total. The van der Waals surface area contributed by atoms with Crippen molar-refractivity contribution in [3.05, 3.63) is 64.8 Å². The summed E-state index contributed by atoms with van der Waals surface area (Å²) < 4.78 is 5.13. The molecule has 2 aromatic rings. The second-order valence-corrected chi connectivity index (χ2v) is 5.52. The van der Waals surface area contributed by atoms with E-state index in [2.05, 4.69) is 4.99 Å².